The van der Waals surface area contributed by atoms with Gasteiger partial charge in [-0.05, 0) is 13.3 Å². The SMILES string of the molecule is CCCN(CCO)S(=O)(=O)Cc1cc(C)on1. The standard InChI is InChI=1S/C10H18N2O4S/c1-3-4-12(5-6-13)17(14,15)8-10-7-9(2)16-11-10/h7,13H,3-6,8H2,1-2H3. The zero-order chi connectivity index (χ0) is 12.9. The molecule has 0 spiro atoms. The van der Waals surface area contributed by atoms with Crippen molar-refractivity contribution in [3.8, 4) is 0 Å². The lowest BCUT2D eigenvalue weighted by Gasteiger charge is -2.19. The number of aryl methyl sites for hydroxylation is 1. The van der Waals surface area contributed by atoms with Crippen LogP contribution in [0.5, 0.6) is 0 Å². The number of sulfonamides is 1. The number of aliphatic hydroxyl groups excluding tert-OH is 1. The maximum Gasteiger partial charge on any atom is 0.220 e. The van der Waals surface area contributed by atoms with Crippen molar-refractivity contribution in [1.82, 2.24) is 9.46 Å². The van der Waals surface area contributed by atoms with Gasteiger partial charge >= 0.3 is 0 Å². The van der Waals surface area contributed by atoms with Crippen LogP contribution in [0.2, 0.25) is 0 Å². The number of hydrogen-bond donors (Lipinski definition) is 1. The zero-order valence-electron chi connectivity index (χ0n) is 10.1. The number of nitrogens with zero attached hydrogens (tertiary/aromatic N) is 2. The van der Waals surface area contributed by atoms with Crippen molar-refractivity contribution in [3.63, 3.8) is 0 Å². The molecule has 17 heavy (non-hydrogen) atoms. The summed E-state index contributed by atoms with van der Waals surface area (Å²) in [6.07, 6.45) is 0.705. The molecule has 0 saturated heterocycles. The van der Waals surface area contributed by atoms with E-state index in [-0.39, 0.29) is 18.9 Å². The maximum atomic E-state index is 12.0. The minimum absolute atomic E-state index is 0.118. The van der Waals surface area contributed by atoms with Crippen molar-refractivity contribution in [3.05, 3.63) is 17.5 Å². The fourth-order valence-electron chi connectivity index (χ4n) is 1.52. The van der Waals surface area contributed by atoms with E-state index < -0.39 is 10.0 Å². The molecule has 1 heterocycles. The van der Waals surface area contributed by atoms with Crippen molar-refractivity contribution in [2.24, 2.45) is 0 Å². The Morgan fingerprint density at radius 1 is 1.47 bits per heavy atom. The Morgan fingerprint density at radius 2 is 2.18 bits per heavy atom. The molecule has 0 aliphatic rings. The summed E-state index contributed by atoms with van der Waals surface area (Å²) >= 11 is 0. The summed E-state index contributed by atoms with van der Waals surface area (Å²) in [7, 11) is -3.44. The average molecular weight is 262 g/mol. The maximum absolute atomic E-state index is 12.0. The molecular formula is C10H18N2O4S. The Bertz CT molecular complexity index is 435. The summed E-state index contributed by atoms with van der Waals surface area (Å²) in [4.78, 5) is 0. The second-order valence-electron chi connectivity index (χ2n) is 3.81. The van der Waals surface area contributed by atoms with Gasteiger partial charge in [0, 0.05) is 19.2 Å². The van der Waals surface area contributed by atoms with E-state index >= 15 is 0 Å². The topological polar surface area (TPSA) is 83.6 Å². The van der Waals surface area contributed by atoms with E-state index in [0.29, 0.717) is 24.4 Å². The van der Waals surface area contributed by atoms with E-state index in [1.807, 2.05) is 6.92 Å². The molecule has 0 amide bonds. The Morgan fingerprint density at radius 3 is 2.65 bits per heavy atom. The Hall–Kier alpha value is -0.920. The van der Waals surface area contributed by atoms with Crippen LogP contribution in [0.3, 0.4) is 0 Å². The first-order valence-electron chi connectivity index (χ1n) is 5.50. The van der Waals surface area contributed by atoms with Gasteiger partial charge in [-0.15, -0.1) is 0 Å². The predicted octanol–water partition coefficient (Wildman–Crippen LogP) is 0.517. The van der Waals surface area contributed by atoms with Gasteiger partial charge in [0.05, 0.1) is 6.61 Å². The van der Waals surface area contributed by atoms with Gasteiger partial charge in [-0.1, -0.05) is 12.1 Å². The minimum Gasteiger partial charge on any atom is -0.395 e. The van der Waals surface area contributed by atoms with E-state index in [2.05, 4.69) is 5.16 Å². The van der Waals surface area contributed by atoms with Crippen molar-refractivity contribution < 1.29 is 18.0 Å². The van der Waals surface area contributed by atoms with Crippen LogP contribution in [-0.4, -0.2) is 42.7 Å². The monoisotopic (exact) mass is 262 g/mol. The van der Waals surface area contributed by atoms with E-state index in [4.69, 9.17) is 9.63 Å². The van der Waals surface area contributed by atoms with Crippen LogP contribution in [0.25, 0.3) is 0 Å². The summed E-state index contributed by atoms with van der Waals surface area (Å²) in [5.74, 6) is 0.393. The third-order valence-corrected chi connectivity index (χ3v) is 4.04. The fourth-order valence-corrected chi connectivity index (χ4v) is 3.03. The lowest BCUT2D eigenvalue weighted by atomic mass is 10.4. The van der Waals surface area contributed by atoms with E-state index in [0.717, 1.165) is 0 Å². The molecule has 1 aromatic heterocycles. The highest BCUT2D eigenvalue weighted by Gasteiger charge is 2.22. The summed E-state index contributed by atoms with van der Waals surface area (Å²) < 4.78 is 30.1. The van der Waals surface area contributed by atoms with Crippen LogP contribution < -0.4 is 0 Å². The number of hydrogen-bond acceptors (Lipinski definition) is 5. The molecule has 0 aliphatic carbocycles. The van der Waals surface area contributed by atoms with Crippen molar-refractivity contribution in [1.29, 1.82) is 0 Å². The van der Waals surface area contributed by atoms with Crippen LogP contribution >= 0.6 is 0 Å². The molecule has 0 aromatic carbocycles. The molecule has 0 unspecified atom stereocenters. The predicted molar refractivity (Wildman–Crippen MR) is 62.8 cm³/mol. The second kappa shape index (κ2) is 6.13. The summed E-state index contributed by atoms with van der Waals surface area (Å²) in [5.41, 5.74) is 0.390. The first kappa shape index (κ1) is 14.1. The highest BCUT2D eigenvalue weighted by atomic mass is 32.2. The molecule has 1 N–H and O–H groups in total. The first-order chi connectivity index (χ1) is 7.99. The van der Waals surface area contributed by atoms with Gasteiger partial charge in [-0.3, -0.25) is 0 Å². The number of aliphatic hydroxyl groups is 1. The van der Waals surface area contributed by atoms with Crippen molar-refractivity contribution in [2.75, 3.05) is 19.7 Å². The summed E-state index contributed by atoms with van der Waals surface area (Å²) in [5, 5.41) is 12.5. The molecule has 1 rings (SSSR count). The lowest BCUT2D eigenvalue weighted by molar-refractivity contribution is 0.253. The molecule has 0 atom stereocenters. The Labute approximate surface area is 101 Å². The molecule has 0 radical (unpaired) electrons. The van der Waals surface area contributed by atoms with Gasteiger partial charge in [0.1, 0.15) is 17.2 Å². The van der Waals surface area contributed by atoms with Crippen molar-refractivity contribution >= 4 is 10.0 Å². The van der Waals surface area contributed by atoms with Gasteiger partial charge in [0.15, 0.2) is 0 Å². The molecule has 0 bridgehead atoms. The summed E-state index contributed by atoms with van der Waals surface area (Å²) in [6.45, 7) is 3.94. The molecule has 0 fully saturated rings. The van der Waals surface area contributed by atoms with Crippen LogP contribution in [0.4, 0.5) is 0 Å². The van der Waals surface area contributed by atoms with Gasteiger partial charge in [0.25, 0.3) is 0 Å². The Balaban J connectivity index is 2.77. The van der Waals surface area contributed by atoms with Crippen LogP contribution in [0.15, 0.2) is 10.6 Å². The van der Waals surface area contributed by atoms with Crippen LogP contribution in [0, 0.1) is 6.92 Å². The second-order valence-corrected chi connectivity index (χ2v) is 5.78. The fraction of sp³-hybridized carbons (Fsp3) is 0.700. The third-order valence-electron chi connectivity index (χ3n) is 2.22. The van der Waals surface area contributed by atoms with Crippen LogP contribution in [0.1, 0.15) is 24.8 Å². The number of aromatic nitrogens is 1. The largest absolute Gasteiger partial charge is 0.395 e. The molecule has 0 saturated carbocycles. The molecule has 6 nitrogen and oxygen atoms in total. The average Bonchev–Trinajstić information content (AvgIpc) is 2.63. The molecule has 7 heteroatoms. The van der Waals surface area contributed by atoms with Gasteiger partial charge in [-0.2, -0.15) is 4.31 Å². The highest BCUT2D eigenvalue weighted by Crippen LogP contribution is 2.11. The van der Waals surface area contributed by atoms with Gasteiger partial charge in [-0.25, -0.2) is 8.42 Å². The molecule has 0 aliphatic heterocycles. The quantitative estimate of drug-likeness (QED) is 0.774. The van der Waals surface area contributed by atoms with Crippen LogP contribution in [-0.2, 0) is 15.8 Å². The first-order valence-corrected chi connectivity index (χ1v) is 7.11. The van der Waals surface area contributed by atoms with E-state index in [1.54, 1.807) is 13.0 Å². The smallest absolute Gasteiger partial charge is 0.220 e. The van der Waals surface area contributed by atoms with Crippen molar-refractivity contribution in [2.45, 2.75) is 26.0 Å². The number of rotatable bonds is 7. The molecular weight excluding hydrogens is 244 g/mol. The third kappa shape index (κ3) is 4.10. The molecule has 98 valence electrons. The van der Waals surface area contributed by atoms with Gasteiger partial charge < -0.3 is 9.63 Å². The minimum atomic E-state index is -3.44. The Kier molecular flexibility index (Phi) is 5.10. The van der Waals surface area contributed by atoms with E-state index in [1.165, 1.54) is 4.31 Å². The normalized spacial score (nSPS) is 12.2. The summed E-state index contributed by atoms with van der Waals surface area (Å²) in [6, 6.07) is 1.60. The molecule has 1 aromatic rings. The zero-order valence-corrected chi connectivity index (χ0v) is 10.9. The lowest BCUT2D eigenvalue weighted by Crippen LogP contribution is -2.35. The van der Waals surface area contributed by atoms with Gasteiger partial charge in [0.2, 0.25) is 10.0 Å². The highest BCUT2D eigenvalue weighted by molar-refractivity contribution is 7.88. The van der Waals surface area contributed by atoms with E-state index in [9.17, 15) is 8.42 Å².